The van der Waals surface area contributed by atoms with Crippen LogP contribution < -0.4 is 0 Å². The summed E-state index contributed by atoms with van der Waals surface area (Å²) >= 11 is 3.46. The van der Waals surface area contributed by atoms with E-state index in [1.165, 1.54) is 0 Å². The zero-order chi connectivity index (χ0) is 12.1. The van der Waals surface area contributed by atoms with Gasteiger partial charge >= 0.3 is 0 Å². The van der Waals surface area contributed by atoms with Gasteiger partial charge in [0.25, 0.3) is 0 Å². The molecule has 0 N–H and O–H groups in total. The molecular formula is C15H13BrO. The molecule has 0 spiro atoms. The molecule has 2 rings (SSSR count). The van der Waals surface area contributed by atoms with E-state index in [1.807, 2.05) is 60.7 Å². The third kappa shape index (κ3) is 3.27. The molecule has 17 heavy (non-hydrogen) atoms. The van der Waals surface area contributed by atoms with Crippen molar-refractivity contribution in [2.24, 2.45) is 0 Å². The average Bonchev–Trinajstić information content (AvgIpc) is 2.40. The molecule has 2 aromatic carbocycles. The standard InChI is InChI=1S/C15H13BrO/c16-15(13-9-5-2-6-10-13)14(17)11-12-7-3-1-4-8-12/h1-10,15H,11H2/t15-/m0/s1. The van der Waals surface area contributed by atoms with Crippen molar-refractivity contribution in [1.29, 1.82) is 0 Å². The monoisotopic (exact) mass is 288 g/mol. The van der Waals surface area contributed by atoms with Crippen LogP contribution in [0.2, 0.25) is 0 Å². The summed E-state index contributed by atoms with van der Waals surface area (Å²) in [5.41, 5.74) is 2.06. The van der Waals surface area contributed by atoms with Crippen molar-refractivity contribution in [2.45, 2.75) is 11.2 Å². The lowest BCUT2D eigenvalue weighted by Gasteiger charge is -2.09. The summed E-state index contributed by atoms with van der Waals surface area (Å²) < 4.78 is 0. The van der Waals surface area contributed by atoms with Gasteiger partial charge in [0, 0.05) is 6.42 Å². The number of Topliss-reactive ketones (excluding diaryl/α,β-unsaturated/α-hetero) is 1. The summed E-state index contributed by atoms with van der Waals surface area (Å²) in [7, 11) is 0. The van der Waals surface area contributed by atoms with Crippen molar-refractivity contribution in [1.82, 2.24) is 0 Å². The predicted octanol–water partition coefficient (Wildman–Crippen LogP) is 3.93. The first-order valence-electron chi connectivity index (χ1n) is 5.53. The van der Waals surface area contributed by atoms with Crippen LogP contribution in [0, 0.1) is 0 Å². The molecule has 0 saturated carbocycles. The van der Waals surface area contributed by atoms with Gasteiger partial charge in [0.2, 0.25) is 0 Å². The Morgan fingerprint density at radius 2 is 1.47 bits per heavy atom. The maximum atomic E-state index is 12.1. The van der Waals surface area contributed by atoms with E-state index in [1.54, 1.807) is 0 Å². The number of carbonyl (C=O) groups excluding carboxylic acids is 1. The minimum Gasteiger partial charge on any atom is -0.298 e. The summed E-state index contributed by atoms with van der Waals surface area (Å²) in [6, 6.07) is 19.6. The van der Waals surface area contributed by atoms with E-state index in [4.69, 9.17) is 0 Å². The molecule has 1 nitrogen and oxygen atoms in total. The molecule has 2 aromatic rings. The lowest BCUT2D eigenvalue weighted by molar-refractivity contribution is -0.117. The Hall–Kier alpha value is -1.41. The van der Waals surface area contributed by atoms with E-state index < -0.39 is 0 Å². The normalized spacial score (nSPS) is 12.1. The fraction of sp³-hybridized carbons (Fsp3) is 0.133. The first-order valence-corrected chi connectivity index (χ1v) is 6.44. The zero-order valence-electron chi connectivity index (χ0n) is 9.34. The van der Waals surface area contributed by atoms with Gasteiger partial charge in [0.1, 0.15) is 0 Å². The number of rotatable bonds is 4. The van der Waals surface area contributed by atoms with Crippen molar-refractivity contribution in [3.8, 4) is 0 Å². The number of carbonyl (C=O) groups is 1. The highest BCUT2D eigenvalue weighted by atomic mass is 79.9. The predicted molar refractivity (Wildman–Crippen MR) is 73.3 cm³/mol. The van der Waals surface area contributed by atoms with Gasteiger partial charge in [-0.15, -0.1) is 0 Å². The van der Waals surface area contributed by atoms with Crippen molar-refractivity contribution in [3.63, 3.8) is 0 Å². The van der Waals surface area contributed by atoms with Crippen LogP contribution in [0.25, 0.3) is 0 Å². The Morgan fingerprint density at radius 3 is 2.06 bits per heavy atom. The van der Waals surface area contributed by atoms with E-state index in [-0.39, 0.29) is 10.6 Å². The number of hydrogen-bond donors (Lipinski definition) is 0. The molecule has 0 radical (unpaired) electrons. The van der Waals surface area contributed by atoms with Crippen LogP contribution in [0.1, 0.15) is 16.0 Å². The second kappa shape index (κ2) is 5.78. The molecule has 1 atom stereocenters. The molecular weight excluding hydrogens is 276 g/mol. The molecule has 0 aliphatic carbocycles. The number of ketones is 1. The molecule has 86 valence electrons. The van der Waals surface area contributed by atoms with Gasteiger partial charge in [-0.05, 0) is 11.1 Å². The minimum absolute atomic E-state index is 0.183. The molecule has 0 amide bonds. The molecule has 0 saturated heterocycles. The highest BCUT2D eigenvalue weighted by Crippen LogP contribution is 2.24. The summed E-state index contributed by atoms with van der Waals surface area (Å²) in [6.07, 6.45) is 0.464. The van der Waals surface area contributed by atoms with Crippen molar-refractivity contribution >= 4 is 21.7 Å². The van der Waals surface area contributed by atoms with Crippen molar-refractivity contribution in [2.75, 3.05) is 0 Å². The summed E-state index contributed by atoms with van der Waals surface area (Å²) in [4.78, 5) is 11.8. The molecule has 0 aliphatic heterocycles. The van der Waals surface area contributed by atoms with Crippen LogP contribution in [-0.4, -0.2) is 5.78 Å². The van der Waals surface area contributed by atoms with E-state index in [2.05, 4.69) is 15.9 Å². The maximum absolute atomic E-state index is 12.1. The summed E-state index contributed by atoms with van der Waals surface area (Å²) in [5, 5.41) is 0. The molecule has 0 fully saturated rings. The maximum Gasteiger partial charge on any atom is 0.155 e. The molecule has 0 unspecified atom stereocenters. The smallest absolute Gasteiger partial charge is 0.155 e. The van der Waals surface area contributed by atoms with Gasteiger partial charge in [-0.1, -0.05) is 76.6 Å². The fourth-order valence-electron chi connectivity index (χ4n) is 1.69. The average molecular weight is 289 g/mol. The quantitative estimate of drug-likeness (QED) is 0.779. The molecule has 0 bridgehead atoms. The van der Waals surface area contributed by atoms with E-state index in [0.29, 0.717) is 6.42 Å². The van der Waals surface area contributed by atoms with Gasteiger partial charge < -0.3 is 0 Å². The molecule has 0 aromatic heterocycles. The second-order valence-corrected chi connectivity index (χ2v) is 4.82. The van der Waals surface area contributed by atoms with Crippen LogP contribution in [-0.2, 0) is 11.2 Å². The minimum atomic E-state index is -0.219. The van der Waals surface area contributed by atoms with Crippen molar-refractivity contribution in [3.05, 3.63) is 71.8 Å². The zero-order valence-corrected chi connectivity index (χ0v) is 10.9. The van der Waals surface area contributed by atoms with Gasteiger partial charge in [-0.25, -0.2) is 0 Å². The molecule has 0 heterocycles. The third-order valence-corrected chi connectivity index (χ3v) is 3.64. The molecule has 0 aliphatic rings. The summed E-state index contributed by atoms with van der Waals surface area (Å²) in [6.45, 7) is 0. The van der Waals surface area contributed by atoms with E-state index in [0.717, 1.165) is 11.1 Å². The molecule has 2 heteroatoms. The van der Waals surface area contributed by atoms with Gasteiger partial charge in [-0.2, -0.15) is 0 Å². The Kier molecular flexibility index (Phi) is 4.10. The number of halogens is 1. The van der Waals surface area contributed by atoms with Crippen LogP contribution in [0.15, 0.2) is 60.7 Å². The SMILES string of the molecule is O=C(Cc1ccccc1)[C@@H](Br)c1ccccc1. The Labute approximate surface area is 110 Å². The highest BCUT2D eigenvalue weighted by molar-refractivity contribution is 9.09. The third-order valence-electron chi connectivity index (χ3n) is 2.60. The first kappa shape index (κ1) is 12.1. The van der Waals surface area contributed by atoms with Gasteiger partial charge in [-0.3, -0.25) is 4.79 Å². The fourth-order valence-corrected chi connectivity index (χ4v) is 2.16. The largest absolute Gasteiger partial charge is 0.298 e. The van der Waals surface area contributed by atoms with Crippen molar-refractivity contribution < 1.29 is 4.79 Å². The number of alkyl halides is 1. The van der Waals surface area contributed by atoms with E-state index in [9.17, 15) is 4.79 Å². The van der Waals surface area contributed by atoms with Crippen LogP contribution in [0.5, 0.6) is 0 Å². The van der Waals surface area contributed by atoms with E-state index >= 15 is 0 Å². The number of benzene rings is 2. The lowest BCUT2D eigenvalue weighted by Crippen LogP contribution is -2.09. The topological polar surface area (TPSA) is 17.1 Å². The van der Waals surface area contributed by atoms with Crippen LogP contribution >= 0.6 is 15.9 Å². The highest BCUT2D eigenvalue weighted by Gasteiger charge is 2.16. The van der Waals surface area contributed by atoms with Crippen LogP contribution in [0.3, 0.4) is 0 Å². The van der Waals surface area contributed by atoms with Gasteiger partial charge in [0.05, 0.1) is 4.83 Å². The first-order chi connectivity index (χ1) is 8.27. The summed E-state index contributed by atoms with van der Waals surface area (Å²) in [5.74, 6) is 0.183. The number of hydrogen-bond acceptors (Lipinski definition) is 1. The van der Waals surface area contributed by atoms with Gasteiger partial charge in [0.15, 0.2) is 5.78 Å². The Morgan fingerprint density at radius 1 is 0.941 bits per heavy atom. The Bertz CT molecular complexity index is 479. The van der Waals surface area contributed by atoms with Crippen LogP contribution in [0.4, 0.5) is 0 Å². The second-order valence-electron chi connectivity index (χ2n) is 3.90. The lowest BCUT2D eigenvalue weighted by atomic mass is 10.0. The Balaban J connectivity index is 2.06.